The molecular formula is C17H17N5S. The molecule has 6 heteroatoms. The first kappa shape index (κ1) is 15.4. The molecule has 23 heavy (non-hydrogen) atoms. The first-order chi connectivity index (χ1) is 11.3. The summed E-state index contributed by atoms with van der Waals surface area (Å²) in [4.78, 5) is 11.8. The van der Waals surface area contributed by atoms with E-state index in [1.165, 1.54) is 0 Å². The van der Waals surface area contributed by atoms with E-state index in [2.05, 4.69) is 25.6 Å². The number of nitriles is 1. The second-order valence-corrected chi connectivity index (χ2v) is 6.27. The molecule has 0 aliphatic carbocycles. The van der Waals surface area contributed by atoms with Crippen LogP contribution in [0.25, 0.3) is 11.4 Å². The molecule has 0 bridgehead atoms. The Morgan fingerprint density at radius 2 is 2.26 bits per heavy atom. The molecule has 0 radical (unpaired) electrons. The molecule has 0 unspecified atom stereocenters. The Kier molecular flexibility index (Phi) is 4.79. The molecule has 0 spiro atoms. The van der Waals surface area contributed by atoms with Crippen molar-refractivity contribution in [1.82, 2.24) is 19.5 Å². The number of benzene rings is 1. The van der Waals surface area contributed by atoms with Gasteiger partial charge in [-0.1, -0.05) is 12.1 Å². The fraction of sp³-hybridized carbons (Fsp3) is 0.235. The number of nitrogens with zero attached hydrogens (tertiary/aromatic N) is 4. The summed E-state index contributed by atoms with van der Waals surface area (Å²) in [5, 5.41) is 9.03. The Balaban J connectivity index is 1.62. The molecular weight excluding hydrogens is 306 g/mol. The Bertz CT molecular complexity index is 827. The van der Waals surface area contributed by atoms with Gasteiger partial charge in [0.1, 0.15) is 5.82 Å². The van der Waals surface area contributed by atoms with Gasteiger partial charge in [0.25, 0.3) is 0 Å². The maximum absolute atomic E-state index is 9.03. The molecule has 1 N–H and O–H groups in total. The molecule has 2 heterocycles. The van der Waals surface area contributed by atoms with E-state index in [4.69, 9.17) is 5.26 Å². The summed E-state index contributed by atoms with van der Waals surface area (Å²) in [6.07, 6.45) is 5.52. The van der Waals surface area contributed by atoms with Crippen LogP contribution < -0.4 is 0 Å². The molecule has 2 aromatic heterocycles. The van der Waals surface area contributed by atoms with E-state index < -0.39 is 0 Å². The van der Waals surface area contributed by atoms with E-state index >= 15 is 0 Å². The van der Waals surface area contributed by atoms with E-state index in [1.54, 1.807) is 18.6 Å². The lowest BCUT2D eigenvalue weighted by atomic mass is 10.1. The smallest absolute Gasteiger partial charge is 0.139 e. The summed E-state index contributed by atoms with van der Waals surface area (Å²) in [7, 11) is 0. The van der Waals surface area contributed by atoms with Crippen molar-refractivity contribution < 1.29 is 0 Å². The van der Waals surface area contributed by atoms with Crippen molar-refractivity contribution in [3.8, 4) is 17.5 Å². The highest BCUT2D eigenvalue weighted by molar-refractivity contribution is 7.98. The van der Waals surface area contributed by atoms with Crippen LogP contribution in [0.3, 0.4) is 0 Å². The molecule has 3 rings (SSSR count). The van der Waals surface area contributed by atoms with Crippen LogP contribution in [0.2, 0.25) is 0 Å². The van der Waals surface area contributed by atoms with Crippen LogP contribution in [0.4, 0.5) is 0 Å². The van der Waals surface area contributed by atoms with Gasteiger partial charge in [0.15, 0.2) is 0 Å². The second-order valence-electron chi connectivity index (χ2n) is 5.16. The number of hydrogen-bond donors (Lipinski definition) is 1. The van der Waals surface area contributed by atoms with Crippen molar-refractivity contribution in [1.29, 1.82) is 5.26 Å². The average molecular weight is 323 g/mol. The molecule has 0 saturated carbocycles. The molecule has 1 aromatic carbocycles. The lowest BCUT2D eigenvalue weighted by Gasteiger charge is -2.08. The number of aromatic amines is 1. The highest BCUT2D eigenvalue weighted by Gasteiger charge is 2.07. The van der Waals surface area contributed by atoms with Crippen LogP contribution in [-0.2, 0) is 12.3 Å². The second kappa shape index (κ2) is 7.16. The van der Waals surface area contributed by atoms with E-state index in [0.29, 0.717) is 5.56 Å². The summed E-state index contributed by atoms with van der Waals surface area (Å²) in [6, 6.07) is 9.73. The fourth-order valence-electron chi connectivity index (χ4n) is 2.34. The van der Waals surface area contributed by atoms with Gasteiger partial charge in [-0.25, -0.2) is 9.97 Å². The topological polar surface area (TPSA) is 70.3 Å². The number of hydrogen-bond acceptors (Lipinski definition) is 4. The summed E-state index contributed by atoms with van der Waals surface area (Å²) in [6.45, 7) is 2.92. The standard InChI is InChI=1S/C17H17N5S/c1-13-16(21-12-20-13)11-23-8-7-22-6-5-19-17(22)15-4-2-3-14(9-15)10-18/h2-6,9,12H,7-8,11H2,1H3,(H,20,21). The lowest BCUT2D eigenvalue weighted by Crippen LogP contribution is -2.02. The van der Waals surface area contributed by atoms with E-state index in [-0.39, 0.29) is 0 Å². The van der Waals surface area contributed by atoms with Crippen molar-refractivity contribution in [3.63, 3.8) is 0 Å². The Labute approximate surface area is 139 Å². The molecule has 5 nitrogen and oxygen atoms in total. The largest absolute Gasteiger partial charge is 0.348 e. The minimum absolute atomic E-state index is 0.653. The third kappa shape index (κ3) is 3.63. The number of thioether (sulfide) groups is 1. The summed E-state index contributed by atoms with van der Waals surface area (Å²) in [5.74, 6) is 2.79. The predicted molar refractivity (Wildman–Crippen MR) is 91.9 cm³/mol. The van der Waals surface area contributed by atoms with Crippen molar-refractivity contribution in [2.75, 3.05) is 5.75 Å². The quantitative estimate of drug-likeness (QED) is 0.706. The average Bonchev–Trinajstić information content (AvgIpc) is 3.21. The first-order valence-electron chi connectivity index (χ1n) is 7.36. The lowest BCUT2D eigenvalue weighted by molar-refractivity contribution is 0.779. The van der Waals surface area contributed by atoms with Crippen LogP contribution in [0.15, 0.2) is 43.0 Å². The number of imidazole rings is 2. The third-order valence-corrected chi connectivity index (χ3v) is 4.56. The highest BCUT2D eigenvalue weighted by Crippen LogP contribution is 2.20. The van der Waals surface area contributed by atoms with Crippen LogP contribution >= 0.6 is 11.8 Å². The van der Waals surface area contributed by atoms with Crippen molar-refractivity contribution in [2.24, 2.45) is 0 Å². The number of rotatable bonds is 6. The highest BCUT2D eigenvalue weighted by atomic mass is 32.2. The van der Waals surface area contributed by atoms with Gasteiger partial charge in [-0.05, 0) is 19.1 Å². The molecule has 116 valence electrons. The Morgan fingerprint density at radius 3 is 3.04 bits per heavy atom. The van der Waals surface area contributed by atoms with Gasteiger partial charge in [-0.2, -0.15) is 17.0 Å². The van der Waals surface area contributed by atoms with Gasteiger partial charge in [-0.3, -0.25) is 0 Å². The van der Waals surface area contributed by atoms with Gasteiger partial charge in [-0.15, -0.1) is 0 Å². The minimum Gasteiger partial charge on any atom is -0.348 e. The van der Waals surface area contributed by atoms with E-state index in [9.17, 15) is 0 Å². The van der Waals surface area contributed by atoms with Gasteiger partial charge in [0, 0.05) is 41.7 Å². The number of aromatic nitrogens is 4. The van der Waals surface area contributed by atoms with Crippen LogP contribution in [-0.4, -0.2) is 25.3 Å². The fourth-order valence-corrected chi connectivity index (χ4v) is 3.30. The normalized spacial score (nSPS) is 10.6. The van der Waals surface area contributed by atoms with Crippen molar-refractivity contribution in [2.45, 2.75) is 19.2 Å². The molecule has 0 atom stereocenters. The zero-order chi connectivity index (χ0) is 16.1. The minimum atomic E-state index is 0.653. The van der Waals surface area contributed by atoms with Crippen molar-refractivity contribution >= 4 is 11.8 Å². The zero-order valence-corrected chi connectivity index (χ0v) is 13.7. The van der Waals surface area contributed by atoms with Gasteiger partial charge >= 0.3 is 0 Å². The number of H-pyrrole nitrogens is 1. The predicted octanol–water partition coefficient (Wildman–Crippen LogP) is 3.39. The number of nitrogens with one attached hydrogen (secondary N) is 1. The zero-order valence-electron chi connectivity index (χ0n) is 12.9. The Hall–Kier alpha value is -2.52. The molecule has 0 fully saturated rings. The molecule has 3 aromatic rings. The van der Waals surface area contributed by atoms with Gasteiger partial charge < -0.3 is 9.55 Å². The Morgan fingerprint density at radius 1 is 1.35 bits per heavy atom. The molecule has 0 amide bonds. The maximum atomic E-state index is 9.03. The molecule has 0 saturated heterocycles. The number of aryl methyl sites for hydroxylation is 2. The summed E-state index contributed by atoms with van der Waals surface area (Å²) < 4.78 is 2.13. The summed E-state index contributed by atoms with van der Waals surface area (Å²) >= 11 is 1.85. The van der Waals surface area contributed by atoms with E-state index in [0.717, 1.165) is 40.8 Å². The van der Waals surface area contributed by atoms with Crippen LogP contribution in [0, 0.1) is 18.3 Å². The van der Waals surface area contributed by atoms with Crippen LogP contribution in [0.5, 0.6) is 0 Å². The van der Waals surface area contributed by atoms with Crippen molar-refractivity contribution in [3.05, 3.63) is 59.9 Å². The maximum Gasteiger partial charge on any atom is 0.139 e. The third-order valence-electron chi connectivity index (χ3n) is 3.61. The SMILES string of the molecule is Cc1[nH]cnc1CSCCn1ccnc1-c1cccc(C#N)c1. The summed E-state index contributed by atoms with van der Waals surface area (Å²) in [5.41, 5.74) is 3.87. The molecule has 0 aliphatic heterocycles. The van der Waals surface area contributed by atoms with Gasteiger partial charge in [0.05, 0.1) is 23.7 Å². The van der Waals surface area contributed by atoms with E-state index in [1.807, 2.05) is 43.1 Å². The first-order valence-corrected chi connectivity index (χ1v) is 8.51. The molecule has 0 aliphatic rings. The van der Waals surface area contributed by atoms with Gasteiger partial charge in [0.2, 0.25) is 0 Å². The van der Waals surface area contributed by atoms with Crippen LogP contribution in [0.1, 0.15) is 17.0 Å². The monoisotopic (exact) mass is 323 g/mol.